The van der Waals surface area contributed by atoms with Gasteiger partial charge < -0.3 is 9.84 Å². The molecule has 0 aromatic carbocycles. The van der Waals surface area contributed by atoms with Crippen LogP contribution >= 0.6 is 0 Å². The quantitative estimate of drug-likeness (QED) is 0.925. The average Bonchev–Trinajstić information content (AvgIpc) is 3.06. The first-order chi connectivity index (χ1) is 11.1. The third kappa shape index (κ3) is 4.14. The molecule has 1 atom stereocenters. The van der Waals surface area contributed by atoms with Gasteiger partial charge in [-0.05, 0) is 32.2 Å². The zero-order chi connectivity index (χ0) is 16.2. The van der Waals surface area contributed by atoms with Gasteiger partial charge in [-0.1, -0.05) is 38.3 Å². The molecule has 128 valence electrons. The molecule has 1 aliphatic carbocycles. The molecule has 1 aromatic heterocycles. The third-order valence-corrected chi connectivity index (χ3v) is 5.21. The summed E-state index contributed by atoms with van der Waals surface area (Å²) in [5, 5.41) is 7.06. The highest BCUT2D eigenvalue weighted by atomic mass is 16.5. The summed E-state index contributed by atoms with van der Waals surface area (Å²) in [5.41, 5.74) is 0.406. The van der Waals surface area contributed by atoms with E-state index in [2.05, 4.69) is 15.4 Å². The summed E-state index contributed by atoms with van der Waals surface area (Å²) in [6.45, 7) is 6.22. The number of nitrogens with zero attached hydrogens (tertiary/aromatic N) is 2. The molecule has 0 bridgehead atoms. The SMILES string of the molecule is CC(C)c1cc(C(=O)N[C@H]2CCCN(C3CCCCC3)C2)no1. The number of aromatic nitrogens is 1. The molecule has 1 saturated heterocycles. The van der Waals surface area contributed by atoms with Gasteiger partial charge in [-0.2, -0.15) is 0 Å². The molecule has 5 nitrogen and oxygen atoms in total. The Labute approximate surface area is 138 Å². The Morgan fingerprint density at radius 3 is 2.74 bits per heavy atom. The molecule has 1 aromatic rings. The van der Waals surface area contributed by atoms with Crippen molar-refractivity contribution in [2.45, 2.75) is 76.8 Å². The Hall–Kier alpha value is -1.36. The molecule has 1 aliphatic heterocycles. The van der Waals surface area contributed by atoms with Gasteiger partial charge in [0.1, 0.15) is 5.76 Å². The number of likely N-dealkylation sites (tertiary alicyclic amines) is 1. The summed E-state index contributed by atoms with van der Waals surface area (Å²) in [5.74, 6) is 0.916. The molecule has 0 radical (unpaired) electrons. The second-order valence-corrected chi connectivity index (χ2v) is 7.37. The molecule has 2 heterocycles. The molecular formula is C18H29N3O2. The number of carbonyl (C=O) groups excluding carboxylic acids is 1. The second kappa shape index (κ2) is 7.47. The third-order valence-electron chi connectivity index (χ3n) is 5.21. The number of nitrogens with one attached hydrogen (secondary N) is 1. The van der Waals surface area contributed by atoms with E-state index in [1.165, 1.54) is 38.6 Å². The first-order valence-electron chi connectivity index (χ1n) is 9.15. The summed E-state index contributed by atoms with van der Waals surface area (Å²) in [6.07, 6.45) is 8.96. The van der Waals surface area contributed by atoms with Crippen molar-refractivity contribution in [1.82, 2.24) is 15.4 Å². The monoisotopic (exact) mass is 319 g/mol. The van der Waals surface area contributed by atoms with Crippen LogP contribution in [0.5, 0.6) is 0 Å². The first kappa shape index (κ1) is 16.5. The molecule has 23 heavy (non-hydrogen) atoms. The second-order valence-electron chi connectivity index (χ2n) is 7.37. The van der Waals surface area contributed by atoms with Crippen LogP contribution in [-0.4, -0.2) is 41.1 Å². The van der Waals surface area contributed by atoms with Crippen molar-refractivity contribution in [2.24, 2.45) is 0 Å². The lowest BCUT2D eigenvalue weighted by Crippen LogP contribution is -2.51. The normalized spacial score (nSPS) is 24.0. The number of hydrogen-bond donors (Lipinski definition) is 1. The smallest absolute Gasteiger partial charge is 0.273 e. The van der Waals surface area contributed by atoms with E-state index >= 15 is 0 Å². The lowest BCUT2D eigenvalue weighted by Gasteiger charge is -2.40. The van der Waals surface area contributed by atoms with E-state index < -0.39 is 0 Å². The average molecular weight is 319 g/mol. The number of rotatable bonds is 4. The van der Waals surface area contributed by atoms with Gasteiger partial charge in [0.2, 0.25) is 0 Å². The van der Waals surface area contributed by atoms with Crippen LogP contribution in [0.3, 0.4) is 0 Å². The van der Waals surface area contributed by atoms with Crippen LogP contribution in [0, 0.1) is 0 Å². The fourth-order valence-electron chi connectivity index (χ4n) is 3.83. The molecule has 3 rings (SSSR count). The van der Waals surface area contributed by atoms with Crippen molar-refractivity contribution in [1.29, 1.82) is 0 Å². The molecule has 5 heteroatoms. The summed E-state index contributed by atoms with van der Waals surface area (Å²) in [6, 6.07) is 2.72. The number of amides is 1. The van der Waals surface area contributed by atoms with Crippen molar-refractivity contribution in [3.8, 4) is 0 Å². The van der Waals surface area contributed by atoms with Gasteiger partial charge in [0.05, 0.1) is 0 Å². The minimum atomic E-state index is -0.101. The van der Waals surface area contributed by atoms with Gasteiger partial charge >= 0.3 is 0 Å². The van der Waals surface area contributed by atoms with Gasteiger partial charge in [-0.25, -0.2) is 0 Å². The summed E-state index contributed by atoms with van der Waals surface area (Å²) < 4.78 is 5.23. The van der Waals surface area contributed by atoms with Gasteiger partial charge in [-0.3, -0.25) is 9.69 Å². The van der Waals surface area contributed by atoms with Crippen LogP contribution in [0.15, 0.2) is 10.6 Å². The van der Waals surface area contributed by atoms with E-state index in [0.717, 1.165) is 31.2 Å². The van der Waals surface area contributed by atoms with Crippen LogP contribution in [0.2, 0.25) is 0 Å². The van der Waals surface area contributed by atoms with Gasteiger partial charge in [0.15, 0.2) is 5.69 Å². The maximum atomic E-state index is 12.4. The maximum absolute atomic E-state index is 12.4. The number of carbonyl (C=O) groups is 1. The Morgan fingerprint density at radius 1 is 1.26 bits per heavy atom. The summed E-state index contributed by atoms with van der Waals surface area (Å²) >= 11 is 0. The molecule has 1 saturated carbocycles. The van der Waals surface area contributed by atoms with Crippen LogP contribution in [0.1, 0.15) is 81.0 Å². The largest absolute Gasteiger partial charge is 0.360 e. The van der Waals surface area contributed by atoms with E-state index in [4.69, 9.17) is 4.52 Å². The Balaban J connectivity index is 1.55. The number of hydrogen-bond acceptors (Lipinski definition) is 4. The first-order valence-corrected chi connectivity index (χ1v) is 9.15. The molecule has 0 spiro atoms. The van der Waals surface area contributed by atoms with E-state index in [9.17, 15) is 4.79 Å². The molecule has 1 N–H and O–H groups in total. The highest BCUT2D eigenvalue weighted by Crippen LogP contribution is 2.25. The fraction of sp³-hybridized carbons (Fsp3) is 0.778. The van der Waals surface area contributed by atoms with E-state index in [0.29, 0.717) is 5.69 Å². The van der Waals surface area contributed by atoms with Gasteiger partial charge in [-0.15, -0.1) is 0 Å². The van der Waals surface area contributed by atoms with E-state index in [1.807, 2.05) is 13.8 Å². The molecule has 1 amide bonds. The molecule has 2 aliphatic rings. The van der Waals surface area contributed by atoms with Crippen LogP contribution in [0.4, 0.5) is 0 Å². The van der Waals surface area contributed by atoms with Crippen molar-refractivity contribution in [2.75, 3.05) is 13.1 Å². The lowest BCUT2D eigenvalue weighted by molar-refractivity contribution is 0.0828. The summed E-state index contributed by atoms with van der Waals surface area (Å²) in [4.78, 5) is 15.0. The topological polar surface area (TPSA) is 58.4 Å². The van der Waals surface area contributed by atoms with Crippen molar-refractivity contribution in [3.05, 3.63) is 17.5 Å². The zero-order valence-electron chi connectivity index (χ0n) is 14.4. The van der Waals surface area contributed by atoms with Gasteiger partial charge in [0.25, 0.3) is 5.91 Å². The Kier molecular flexibility index (Phi) is 5.36. The van der Waals surface area contributed by atoms with Crippen LogP contribution in [0.25, 0.3) is 0 Å². The van der Waals surface area contributed by atoms with Crippen molar-refractivity contribution >= 4 is 5.91 Å². The lowest BCUT2D eigenvalue weighted by atomic mass is 9.92. The minimum absolute atomic E-state index is 0.101. The van der Waals surface area contributed by atoms with E-state index in [-0.39, 0.29) is 17.9 Å². The van der Waals surface area contributed by atoms with Gasteiger partial charge in [0, 0.05) is 30.6 Å². The number of piperidine rings is 1. The Morgan fingerprint density at radius 2 is 2.04 bits per heavy atom. The van der Waals surface area contributed by atoms with Crippen LogP contribution in [-0.2, 0) is 0 Å². The standard InChI is InChI=1S/C18H29N3O2/c1-13(2)17-11-16(20-23-17)18(22)19-14-7-6-10-21(12-14)15-8-4-3-5-9-15/h11,13-15H,3-10,12H2,1-2H3,(H,19,22)/t14-/m0/s1. The fourth-order valence-corrected chi connectivity index (χ4v) is 3.83. The van der Waals surface area contributed by atoms with Crippen molar-refractivity contribution < 1.29 is 9.32 Å². The molecular weight excluding hydrogens is 290 g/mol. The zero-order valence-corrected chi connectivity index (χ0v) is 14.4. The Bertz CT molecular complexity index is 520. The summed E-state index contributed by atoms with van der Waals surface area (Å²) in [7, 11) is 0. The van der Waals surface area contributed by atoms with Crippen molar-refractivity contribution in [3.63, 3.8) is 0 Å². The maximum Gasteiger partial charge on any atom is 0.273 e. The minimum Gasteiger partial charge on any atom is -0.360 e. The van der Waals surface area contributed by atoms with Crippen LogP contribution < -0.4 is 5.32 Å². The predicted octanol–water partition coefficient (Wildman–Crippen LogP) is 3.32. The highest BCUT2D eigenvalue weighted by molar-refractivity contribution is 5.92. The molecule has 2 fully saturated rings. The molecule has 0 unspecified atom stereocenters. The predicted molar refractivity (Wildman–Crippen MR) is 89.5 cm³/mol. The van der Waals surface area contributed by atoms with E-state index in [1.54, 1.807) is 6.07 Å². The highest BCUT2D eigenvalue weighted by Gasteiger charge is 2.28.